The zero-order valence-electron chi connectivity index (χ0n) is 7.44. The van der Waals surface area contributed by atoms with Crippen LogP contribution in [0.1, 0.15) is 5.56 Å². The van der Waals surface area contributed by atoms with Crippen LogP contribution in [0.3, 0.4) is 0 Å². The minimum absolute atomic E-state index is 0.276. The van der Waals surface area contributed by atoms with E-state index in [1.165, 1.54) is 6.20 Å². The van der Waals surface area contributed by atoms with Crippen molar-refractivity contribution in [1.82, 2.24) is 5.32 Å². The molecule has 0 radical (unpaired) electrons. The molecule has 0 aliphatic heterocycles. The smallest absolute Gasteiger partial charge is 0.250 e. The van der Waals surface area contributed by atoms with Gasteiger partial charge in [-0.15, -0.1) is 0 Å². The number of hydrogen-bond acceptors (Lipinski definition) is 2. The average Bonchev–Trinajstić information content (AvgIpc) is 2.19. The minimum atomic E-state index is -0.578. The fraction of sp³-hybridized carbons (Fsp3) is 0. The van der Waals surface area contributed by atoms with Gasteiger partial charge >= 0.3 is 0 Å². The summed E-state index contributed by atoms with van der Waals surface area (Å²) < 4.78 is 0. The third-order valence-corrected chi connectivity index (χ3v) is 1.65. The first-order valence-electron chi connectivity index (χ1n) is 4.01. The molecule has 0 aromatic heterocycles. The predicted molar refractivity (Wildman–Crippen MR) is 52.8 cm³/mol. The van der Waals surface area contributed by atoms with Crippen molar-refractivity contribution in [1.29, 1.82) is 0 Å². The van der Waals surface area contributed by atoms with Crippen LogP contribution in [0, 0.1) is 0 Å². The van der Waals surface area contributed by atoms with E-state index >= 15 is 0 Å². The zero-order chi connectivity index (χ0) is 10.4. The van der Waals surface area contributed by atoms with Gasteiger partial charge in [0.25, 0.3) is 5.91 Å². The maximum absolute atomic E-state index is 11.0. The summed E-state index contributed by atoms with van der Waals surface area (Å²) in [7, 11) is 0. The molecule has 3 N–H and O–H groups in total. The van der Waals surface area contributed by atoms with Crippen molar-refractivity contribution >= 4 is 17.9 Å². The highest BCUT2D eigenvalue weighted by atomic mass is 16.1. The van der Waals surface area contributed by atoms with Crippen molar-refractivity contribution in [3.05, 3.63) is 42.1 Å². The summed E-state index contributed by atoms with van der Waals surface area (Å²) in [6, 6.07) is 8.88. The molecule has 14 heavy (non-hydrogen) atoms. The number of rotatable bonds is 4. The van der Waals surface area contributed by atoms with Gasteiger partial charge in [-0.3, -0.25) is 9.59 Å². The van der Waals surface area contributed by atoms with Crippen molar-refractivity contribution in [2.75, 3.05) is 0 Å². The first-order valence-corrected chi connectivity index (χ1v) is 4.01. The Hall–Kier alpha value is -2.10. The van der Waals surface area contributed by atoms with Crippen molar-refractivity contribution in [3.8, 4) is 0 Å². The third-order valence-electron chi connectivity index (χ3n) is 1.65. The number of amides is 2. The number of nitrogens with two attached hydrogens (primary N) is 1. The molecule has 0 saturated heterocycles. The fourth-order valence-electron chi connectivity index (χ4n) is 1.03. The highest BCUT2D eigenvalue weighted by Crippen LogP contribution is 2.11. The minimum Gasteiger partial charge on any atom is -0.366 e. The molecule has 2 amide bonds. The highest BCUT2D eigenvalue weighted by Gasteiger charge is 2.06. The van der Waals surface area contributed by atoms with E-state index in [4.69, 9.17) is 5.73 Å². The van der Waals surface area contributed by atoms with Crippen LogP contribution in [0.15, 0.2) is 36.5 Å². The lowest BCUT2D eigenvalue weighted by atomic mass is 10.1. The molecule has 1 aromatic carbocycles. The second-order valence-corrected chi connectivity index (χ2v) is 2.57. The van der Waals surface area contributed by atoms with Crippen LogP contribution in [-0.4, -0.2) is 12.3 Å². The Balaban J connectivity index is 3.01. The lowest BCUT2D eigenvalue weighted by Crippen LogP contribution is -2.15. The van der Waals surface area contributed by atoms with Gasteiger partial charge in [0.2, 0.25) is 6.41 Å². The van der Waals surface area contributed by atoms with Gasteiger partial charge in [0.05, 0.1) is 5.57 Å². The van der Waals surface area contributed by atoms with Crippen LogP contribution in [0.2, 0.25) is 0 Å². The van der Waals surface area contributed by atoms with E-state index in [0.29, 0.717) is 12.0 Å². The second-order valence-electron chi connectivity index (χ2n) is 2.57. The molecule has 0 aliphatic carbocycles. The Morgan fingerprint density at radius 2 is 1.93 bits per heavy atom. The summed E-state index contributed by atoms with van der Waals surface area (Å²) in [4.78, 5) is 21.1. The number of carbonyl (C=O) groups excluding carboxylic acids is 2. The SMILES string of the molecule is NC(=O)/C(=C\NC=O)c1ccccc1. The summed E-state index contributed by atoms with van der Waals surface area (Å²) in [5, 5.41) is 2.28. The van der Waals surface area contributed by atoms with E-state index in [1.807, 2.05) is 6.07 Å². The summed E-state index contributed by atoms with van der Waals surface area (Å²) in [6.45, 7) is 0. The van der Waals surface area contributed by atoms with E-state index in [-0.39, 0.29) is 5.57 Å². The molecule has 0 atom stereocenters. The molecule has 0 saturated carbocycles. The Bertz CT molecular complexity index is 358. The quantitative estimate of drug-likeness (QED) is 0.528. The maximum Gasteiger partial charge on any atom is 0.250 e. The first kappa shape index (κ1) is 9.98. The molecule has 0 unspecified atom stereocenters. The van der Waals surface area contributed by atoms with Crippen LogP contribution >= 0.6 is 0 Å². The molecule has 0 spiro atoms. The van der Waals surface area contributed by atoms with E-state index in [9.17, 15) is 9.59 Å². The third kappa shape index (κ3) is 2.45. The number of hydrogen-bond donors (Lipinski definition) is 2. The average molecular weight is 190 g/mol. The van der Waals surface area contributed by atoms with E-state index in [2.05, 4.69) is 5.32 Å². The lowest BCUT2D eigenvalue weighted by molar-refractivity contribution is -0.112. The molecule has 0 fully saturated rings. The van der Waals surface area contributed by atoms with Gasteiger partial charge in [0.15, 0.2) is 0 Å². The predicted octanol–water partition coefficient (Wildman–Crippen LogP) is 0.259. The van der Waals surface area contributed by atoms with Crippen LogP contribution in [0.5, 0.6) is 0 Å². The van der Waals surface area contributed by atoms with Gasteiger partial charge in [-0.2, -0.15) is 0 Å². The highest BCUT2D eigenvalue weighted by molar-refractivity contribution is 6.18. The van der Waals surface area contributed by atoms with Crippen molar-refractivity contribution < 1.29 is 9.59 Å². The normalized spacial score (nSPS) is 10.7. The molecule has 4 heteroatoms. The monoisotopic (exact) mass is 190 g/mol. The standard InChI is InChI=1S/C10H10N2O2/c11-10(14)9(6-12-7-13)8-4-2-1-3-5-8/h1-7H,(H2,11,14)(H,12,13)/b9-6-. The Morgan fingerprint density at radius 3 is 2.43 bits per heavy atom. The van der Waals surface area contributed by atoms with Crippen molar-refractivity contribution in [2.24, 2.45) is 5.73 Å². The van der Waals surface area contributed by atoms with Crippen LogP contribution in [0.25, 0.3) is 5.57 Å². The van der Waals surface area contributed by atoms with E-state index < -0.39 is 5.91 Å². The summed E-state index contributed by atoms with van der Waals surface area (Å²) >= 11 is 0. The summed E-state index contributed by atoms with van der Waals surface area (Å²) in [6.07, 6.45) is 1.76. The lowest BCUT2D eigenvalue weighted by Gasteiger charge is -2.02. The maximum atomic E-state index is 11.0. The number of primary amides is 1. The summed E-state index contributed by atoms with van der Waals surface area (Å²) in [5.74, 6) is -0.578. The summed E-state index contributed by atoms with van der Waals surface area (Å²) in [5.41, 5.74) is 6.10. The van der Waals surface area contributed by atoms with Crippen molar-refractivity contribution in [3.63, 3.8) is 0 Å². The molecule has 0 aliphatic rings. The van der Waals surface area contributed by atoms with Gasteiger partial charge in [0.1, 0.15) is 0 Å². The second kappa shape index (κ2) is 4.81. The topological polar surface area (TPSA) is 72.2 Å². The Labute approximate surface area is 81.4 Å². The van der Waals surface area contributed by atoms with Gasteiger partial charge in [-0.05, 0) is 5.56 Å². The molecule has 0 bridgehead atoms. The van der Waals surface area contributed by atoms with Crippen LogP contribution in [-0.2, 0) is 9.59 Å². The Kier molecular flexibility index (Phi) is 3.43. The largest absolute Gasteiger partial charge is 0.366 e. The van der Waals surface area contributed by atoms with E-state index in [1.54, 1.807) is 24.3 Å². The molecule has 4 nitrogen and oxygen atoms in total. The molecular weight excluding hydrogens is 180 g/mol. The first-order chi connectivity index (χ1) is 6.75. The Morgan fingerprint density at radius 1 is 1.29 bits per heavy atom. The number of nitrogens with one attached hydrogen (secondary N) is 1. The number of benzene rings is 1. The van der Waals surface area contributed by atoms with Gasteiger partial charge in [0, 0.05) is 6.20 Å². The molecule has 72 valence electrons. The molecular formula is C10H10N2O2. The molecule has 0 heterocycles. The molecule has 1 aromatic rings. The van der Waals surface area contributed by atoms with E-state index in [0.717, 1.165) is 0 Å². The van der Waals surface area contributed by atoms with Crippen molar-refractivity contribution in [2.45, 2.75) is 0 Å². The molecule has 1 rings (SSSR count). The van der Waals surface area contributed by atoms with Gasteiger partial charge in [-0.25, -0.2) is 0 Å². The van der Waals surface area contributed by atoms with Gasteiger partial charge in [-0.1, -0.05) is 30.3 Å². The van der Waals surface area contributed by atoms with Crippen LogP contribution in [0.4, 0.5) is 0 Å². The van der Waals surface area contributed by atoms with Gasteiger partial charge < -0.3 is 11.1 Å². The fourth-order valence-corrected chi connectivity index (χ4v) is 1.03. The zero-order valence-corrected chi connectivity index (χ0v) is 7.44. The van der Waals surface area contributed by atoms with Crippen LogP contribution < -0.4 is 11.1 Å². The number of carbonyl (C=O) groups is 2.